The fraction of sp³-hybridized carbons (Fsp3) is 0.765. The Labute approximate surface area is 162 Å². The molecule has 1 aliphatic heterocycles. The lowest BCUT2D eigenvalue weighted by molar-refractivity contribution is -0.0523. The van der Waals surface area contributed by atoms with Crippen LogP contribution in [0.15, 0.2) is 17.1 Å². The van der Waals surface area contributed by atoms with Crippen molar-refractivity contribution in [3.63, 3.8) is 0 Å². The van der Waals surface area contributed by atoms with Gasteiger partial charge in [0.25, 0.3) is 0 Å². The summed E-state index contributed by atoms with van der Waals surface area (Å²) in [6, 6.07) is 3.39. The van der Waals surface area contributed by atoms with Crippen LogP contribution in [0.25, 0.3) is 0 Å². The summed E-state index contributed by atoms with van der Waals surface area (Å²) in [6.45, 7) is 12.5. The molecule has 0 amide bonds. The number of nitrogen functional groups attached to an aromatic ring is 1. The van der Waals surface area contributed by atoms with Gasteiger partial charge in [0.15, 0.2) is 22.9 Å². The first-order valence-corrected chi connectivity index (χ1v) is 15.7. The average Bonchev–Trinajstić information content (AvgIpc) is 2.91. The summed E-state index contributed by atoms with van der Waals surface area (Å²) in [5, 5.41) is 9.90. The second-order valence-electron chi connectivity index (χ2n) is 8.18. The molecule has 27 heavy (non-hydrogen) atoms. The third kappa shape index (κ3) is 5.27. The highest BCUT2D eigenvalue weighted by atomic mass is 28.4. The molecule has 4 unspecified atom stereocenters. The van der Waals surface area contributed by atoms with E-state index in [1.54, 1.807) is 12.3 Å². The maximum atomic E-state index is 12.4. The van der Waals surface area contributed by atoms with Crippen molar-refractivity contribution in [2.45, 2.75) is 76.7 Å². The number of anilines is 1. The number of hydrogen-bond donors (Lipinski definition) is 2. The van der Waals surface area contributed by atoms with Gasteiger partial charge in [-0.2, -0.15) is 4.98 Å². The number of hydrogen-bond acceptors (Lipinski definition) is 7. The molecule has 0 bridgehead atoms. The second kappa shape index (κ2) is 8.54. The normalized spacial score (nSPS) is 26.5. The minimum Gasteiger partial charge on any atom is -0.409 e. The highest BCUT2D eigenvalue weighted by molar-refractivity contribution is 6.71. The lowest BCUT2D eigenvalue weighted by Gasteiger charge is -2.35. The van der Waals surface area contributed by atoms with E-state index >= 15 is 0 Å². The molecule has 0 aliphatic carbocycles. The molecule has 8 nitrogen and oxygen atoms in total. The van der Waals surface area contributed by atoms with E-state index in [2.05, 4.69) is 45.0 Å². The van der Waals surface area contributed by atoms with Crippen LogP contribution in [0, 0.1) is 0 Å². The van der Waals surface area contributed by atoms with Crippen LogP contribution in [0.1, 0.15) is 20.1 Å². The quantitative estimate of drug-likeness (QED) is 0.624. The molecule has 10 heteroatoms. The van der Waals surface area contributed by atoms with Crippen molar-refractivity contribution in [2.75, 3.05) is 12.3 Å². The molecular weight excluding hydrogens is 382 g/mol. The average molecular weight is 416 g/mol. The SMILES string of the molecule is CC[Si](C)(C)OC1C(CO)OC(n2ccc(N)nc2=O)C1O[Si](C)(C)CC. The number of ether oxygens (including phenoxy) is 1. The molecule has 1 aromatic rings. The number of nitrogens with zero attached hydrogens (tertiary/aromatic N) is 2. The first-order chi connectivity index (χ1) is 12.5. The van der Waals surface area contributed by atoms with Gasteiger partial charge < -0.3 is 24.4 Å². The zero-order chi connectivity index (χ0) is 20.4. The fourth-order valence-corrected chi connectivity index (χ4v) is 5.21. The van der Waals surface area contributed by atoms with Crippen molar-refractivity contribution in [1.29, 1.82) is 0 Å². The topological polar surface area (TPSA) is 109 Å². The first-order valence-electron chi connectivity index (χ1n) is 9.50. The molecule has 0 radical (unpaired) electrons. The lowest BCUT2D eigenvalue weighted by atomic mass is 10.1. The minimum absolute atomic E-state index is 0.154. The van der Waals surface area contributed by atoms with E-state index < -0.39 is 46.9 Å². The van der Waals surface area contributed by atoms with Crippen LogP contribution in [0.5, 0.6) is 0 Å². The van der Waals surface area contributed by atoms with E-state index in [4.69, 9.17) is 19.3 Å². The summed E-state index contributed by atoms with van der Waals surface area (Å²) in [5.41, 5.74) is 5.11. The van der Waals surface area contributed by atoms with Crippen molar-refractivity contribution in [3.05, 3.63) is 22.7 Å². The van der Waals surface area contributed by atoms with Gasteiger partial charge in [0.1, 0.15) is 24.1 Å². The maximum absolute atomic E-state index is 12.4. The van der Waals surface area contributed by atoms with Crippen LogP contribution in [-0.4, -0.2) is 56.2 Å². The van der Waals surface area contributed by atoms with Crippen molar-refractivity contribution < 1.29 is 18.7 Å². The Hall–Kier alpha value is -1.05. The third-order valence-electron chi connectivity index (χ3n) is 5.20. The van der Waals surface area contributed by atoms with Crippen molar-refractivity contribution in [1.82, 2.24) is 9.55 Å². The highest BCUT2D eigenvalue weighted by Crippen LogP contribution is 2.37. The molecule has 1 aliphatic rings. The van der Waals surface area contributed by atoms with E-state index in [0.717, 1.165) is 12.1 Å². The highest BCUT2D eigenvalue weighted by Gasteiger charge is 2.50. The summed E-state index contributed by atoms with van der Waals surface area (Å²) in [5.74, 6) is 0.154. The fourth-order valence-electron chi connectivity index (χ4n) is 2.87. The Morgan fingerprint density at radius 2 is 1.74 bits per heavy atom. The Bertz CT molecular complexity index is 697. The van der Waals surface area contributed by atoms with E-state index in [1.165, 1.54) is 4.57 Å². The van der Waals surface area contributed by atoms with Crippen LogP contribution in [0.2, 0.25) is 38.3 Å². The lowest BCUT2D eigenvalue weighted by Crippen LogP contribution is -2.49. The molecule has 4 atom stereocenters. The Kier molecular flexibility index (Phi) is 7.03. The van der Waals surface area contributed by atoms with Gasteiger partial charge >= 0.3 is 5.69 Å². The summed E-state index contributed by atoms with van der Waals surface area (Å²) < 4.78 is 20.4. The molecule has 2 rings (SSSR count). The summed E-state index contributed by atoms with van der Waals surface area (Å²) >= 11 is 0. The van der Waals surface area contributed by atoms with Crippen molar-refractivity contribution in [3.8, 4) is 0 Å². The smallest absolute Gasteiger partial charge is 0.351 e. The van der Waals surface area contributed by atoms with Gasteiger partial charge in [0, 0.05) is 6.20 Å². The van der Waals surface area contributed by atoms with Crippen LogP contribution in [0.4, 0.5) is 5.82 Å². The number of rotatable bonds is 8. The van der Waals surface area contributed by atoms with Crippen LogP contribution in [-0.2, 0) is 13.6 Å². The predicted molar refractivity (Wildman–Crippen MR) is 110 cm³/mol. The van der Waals surface area contributed by atoms with Gasteiger partial charge in [0.2, 0.25) is 0 Å². The molecule has 3 N–H and O–H groups in total. The summed E-state index contributed by atoms with van der Waals surface area (Å²) in [7, 11) is -3.96. The predicted octanol–water partition coefficient (Wildman–Crippen LogP) is 1.94. The molecule has 1 saturated heterocycles. The Morgan fingerprint density at radius 1 is 1.19 bits per heavy atom. The van der Waals surface area contributed by atoms with Gasteiger partial charge in [-0.25, -0.2) is 4.79 Å². The van der Waals surface area contributed by atoms with Gasteiger partial charge in [-0.15, -0.1) is 0 Å². The molecule has 0 spiro atoms. The summed E-state index contributed by atoms with van der Waals surface area (Å²) in [4.78, 5) is 16.2. The second-order valence-corrected chi connectivity index (χ2v) is 17.1. The zero-order valence-corrected chi connectivity index (χ0v) is 19.1. The Morgan fingerprint density at radius 3 is 2.22 bits per heavy atom. The van der Waals surface area contributed by atoms with E-state index in [1.807, 2.05) is 0 Å². The Balaban J connectivity index is 2.46. The van der Waals surface area contributed by atoms with Crippen molar-refractivity contribution >= 4 is 22.5 Å². The minimum atomic E-state index is -2.00. The molecule has 1 aromatic heterocycles. The largest absolute Gasteiger partial charge is 0.409 e. The first kappa shape index (κ1) is 22.2. The monoisotopic (exact) mass is 415 g/mol. The molecule has 0 saturated carbocycles. The number of aromatic nitrogens is 2. The summed E-state index contributed by atoms with van der Waals surface area (Å²) in [6.07, 6.45) is -0.655. The molecular formula is C17H33N3O5Si2. The van der Waals surface area contributed by atoms with Crippen LogP contribution >= 0.6 is 0 Å². The zero-order valence-electron chi connectivity index (χ0n) is 17.1. The molecule has 0 aromatic carbocycles. The van der Waals surface area contributed by atoms with Crippen molar-refractivity contribution in [2.24, 2.45) is 0 Å². The molecule has 1 fully saturated rings. The van der Waals surface area contributed by atoms with Gasteiger partial charge in [-0.3, -0.25) is 4.57 Å². The standard InChI is InChI=1S/C17H33N3O5Si2/c1-7-26(3,4)24-14-12(11-21)23-16(15(14)25-27(5,6)8-2)20-10-9-13(18)19-17(20)22/h9-10,12,14-16,21H,7-8,11H2,1-6H3,(H2,18,19,22). The van der Waals surface area contributed by atoms with Gasteiger partial charge in [-0.1, -0.05) is 13.8 Å². The van der Waals surface area contributed by atoms with E-state index in [0.29, 0.717) is 0 Å². The maximum Gasteiger partial charge on any atom is 0.351 e. The van der Waals surface area contributed by atoms with Gasteiger partial charge in [-0.05, 0) is 44.3 Å². The number of nitrogens with two attached hydrogens (primary N) is 1. The van der Waals surface area contributed by atoms with Crippen LogP contribution in [0.3, 0.4) is 0 Å². The molecule has 154 valence electrons. The van der Waals surface area contributed by atoms with E-state index in [9.17, 15) is 9.90 Å². The van der Waals surface area contributed by atoms with E-state index in [-0.39, 0.29) is 12.4 Å². The third-order valence-corrected chi connectivity index (χ3v) is 10.4. The number of aliphatic hydroxyl groups excluding tert-OH is 1. The number of aliphatic hydroxyl groups is 1. The van der Waals surface area contributed by atoms with Gasteiger partial charge in [0.05, 0.1) is 6.61 Å². The molecule has 2 heterocycles. The van der Waals surface area contributed by atoms with Crippen LogP contribution < -0.4 is 11.4 Å².